The summed E-state index contributed by atoms with van der Waals surface area (Å²) >= 11 is 0. The molecular weight excluding hydrogens is 325 g/mol. The average molecular weight is 345 g/mol. The average Bonchev–Trinajstić information content (AvgIpc) is 2.61. The number of hydrogen-bond donors (Lipinski definition) is 0. The zero-order valence-electron chi connectivity index (χ0n) is 14.3. The van der Waals surface area contributed by atoms with Gasteiger partial charge in [0.2, 0.25) is 5.91 Å². The van der Waals surface area contributed by atoms with Gasteiger partial charge in [-0.3, -0.25) is 4.79 Å². The van der Waals surface area contributed by atoms with Gasteiger partial charge in [-0.1, -0.05) is 12.1 Å². The fraction of sp³-hybridized carbons (Fsp3) is 0.316. The molecule has 0 aliphatic carbocycles. The minimum Gasteiger partial charge on any atom is -0.494 e. The van der Waals surface area contributed by atoms with Gasteiger partial charge in [0.25, 0.3) is 0 Å². The van der Waals surface area contributed by atoms with Crippen LogP contribution in [0.4, 0.5) is 4.39 Å². The molecule has 2 aromatic rings. The molecular formula is C19H20FNO4. The van der Waals surface area contributed by atoms with Crippen LogP contribution in [-0.4, -0.2) is 38.2 Å². The first-order chi connectivity index (χ1) is 12.1. The second-order valence-electron chi connectivity index (χ2n) is 5.87. The first-order valence-electron chi connectivity index (χ1n) is 8.01. The summed E-state index contributed by atoms with van der Waals surface area (Å²) in [5.74, 6) is 1.02. The Bertz CT molecular complexity index is 778. The first-order valence-corrected chi connectivity index (χ1v) is 8.01. The Labute approximate surface area is 145 Å². The van der Waals surface area contributed by atoms with Crippen LogP contribution in [-0.2, 0) is 17.8 Å². The molecule has 0 radical (unpaired) electrons. The van der Waals surface area contributed by atoms with Crippen LogP contribution < -0.4 is 14.2 Å². The molecule has 1 aliphatic rings. The number of carbonyl (C=O) groups is 1. The minimum atomic E-state index is -0.470. The number of nitrogens with zero attached hydrogens (tertiary/aromatic N) is 1. The molecule has 1 heterocycles. The van der Waals surface area contributed by atoms with Crippen molar-refractivity contribution in [2.24, 2.45) is 0 Å². The molecule has 132 valence electrons. The molecule has 0 spiro atoms. The second-order valence-corrected chi connectivity index (χ2v) is 5.87. The highest BCUT2D eigenvalue weighted by molar-refractivity contribution is 5.78. The Kier molecular flexibility index (Phi) is 5.07. The topological polar surface area (TPSA) is 48.0 Å². The van der Waals surface area contributed by atoms with Crippen molar-refractivity contribution >= 4 is 5.91 Å². The Morgan fingerprint density at radius 3 is 2.56 bits per heavy atom. The van der Waals surface area contributed by atoms with Gasteiger partial charge in [0, 0.05) is 13.6 Å². The molecule has 1 aliphatic heterocycles. The zero-order valence-corrected chi connectivity index (χ0v) is 14.3. The highest BCUT2D eigenvalue weighted by Crippen LogP contribution is 2.31. The Balaban J connectivity index is 1.63. The van der Waals surface area contributed by atoms with Gasteiger partial charge in [0.05, 0.1) is 13.5 Å². The predicted molar refractivity (Wildman–Crippen MR) is 90.6 cm³/mol. The number of fused-ring (bicyclic) bond motifs is 1. The van der Waals surface area contributed by atoms with Crippen LogP contribution in [0.5, 0.6) is 17.2 Å². The molecule has 5 nitrogen and oxygen atoms in total. The summed E-state index contributed by atoms with van der Waals surface area (Å²) in [6.45, 7) is 1.51. The van der Waals surface area contributed by atoms with Crippen LogP contribution in [0, 0.1) is 5.82 Å². The Morgan fingerprint density at radius 2 is 1.84 bits per heavy atom. The number of methoxy groups -OCH3 is 1. The number of halogens is 1. The summed E-state index contributed by atoms with van der Waals surface area (Å²) in [6, 6.07) is 10.2. The van der Waals surface area contributed by atoms with Crippen LogP contribution in [0.1, 0.15) is 11.1 Å². The van der Waals surface area contributed by atoms with Gasteiger partial charge in [0.1, 0.15) is 13.2 Å². The van der Waals surface area contributed by atoms with Gasteiger partial charge in [-0.15, -0.1) is 0 Å². The number of hydrogen-bond acceptors (Lipinski definition) is 4. The van der Waals surface area contributed by atoms with E-state index in [-0.39, 0.29) is 18.1 Å². The molecule has 25 heavy (non-hydrogen) atoms. The summed E-state index contributed by atoms with van der Waals surface area (Å²) < 4.78 is 29.7. The number of rotatable bonds is 5. The molecule has 1 amide bonds. The molecule has 0 saturated carbocycles. The van der Waals surface area contributed by atoms with Gasteiger partial charge < -0.3 is 19.1 Å². The lowest BCUT2D eigenvalue weighted by atomic mass is 10.1. The third kappa shape index (κ3) is 4.02. The molecule has 0 bridgehead atoms. The van der Waals surface area contributed by atoms with Crippen LogP contribution in [0.3, 0.4) is 0 Å². The highest BCUT2D eigenvalue weighted by atomic mass is 19.1. The highest BCUT2D eigenvalue weighted by Gasteiger charge is 2.15. The molecule has 3 rings (SSSR count). The van der Waals surface area contributed by atoms with Crippen molar-refractivity contribution in [3.8, 4) is 17.2 Å². The summed E-state index contributed by atoms with van der Waals surface area (Å²) in [7, 11) is 3.13. The summed E-state index contributed by atoms with van der Waals surface area (Å²) in [4.78, 5) is 14.0. The summed E-state index contributed by atoms with van der Waals surface area (Å²) in [5.41, 5.74) is 1.55. The quantitative estimate of drug-likeness (QED) is 0.836. The largest absolute Gasteiger partial charge is 0.494 e. The third-order valence-corrected chi connectivity index (χ3v) is 4.02. The van der Waals surface area contributed by atoms with Gasteiger partial charge in [-0.25, -0.2) is 4.39 Å². The molecule has 0 aromatic heterocycles. The van der Waals surface area contributed by atoms with Gasteiger partial charge >= 0.3 is 0 Å². The van der Waals surface area contributed by atoms with E-state index in [1.165, 1.54) is 19.2 Å². The van der Waals surface area contributed by atoms with Crippen molar-refractivity contribution in [1.29, 1.82) is 0 Å². The van der Waals surface area contributed by atoms with Gasteiger partial charge in [-0.2, -0.15) is 0 Å². The number of benzene rings is 2. The summed E-state index contributed by atoms with van der Waals surface area (Å²) in [5, 5.41) is 0. The normalized spacial score (nSPS) is 12.6. The lowest BCUT2D eigenvalue weighted by molar-refractivity contribution is -0.129. The molecule has 0 unspecified atom stereocenters. The number of ether oxygens (including phenoxy) is 3. The van der Waals surface area contributed by atoms with Crippen molar-refractivity contribution in [2.75, 3.05) is 27.4 Å². The molecule has 0 N–H and O–H groups in total. The number of amides is 1. The lowest BCUT2D eigenvalue weighted by Gasteiger charge is -2.21. The molecule has 2 aromatic carbocycles. The monoisotopic (exact) mass is 345 g/mol. The zero-order chi connectivity index (χ0) is 17.8. The van der Waals surface area contributed by atoms with Crippen molar-refractivity contribution in [3.05, 3.63) is 53.3 Å². The maximum Gasteiger partial charge on any atom is 0.227 e. The van der Waals surface area contributed by atoms with E-state index in [0.29, 0.717) is 31.1 Å². The Morgan fingerprint density at radius 1 is 1.12 bits per heavy atom. The maximum atomic E-state index is 13.7. The molecule has 0 saturated heterocycles. The SMILES string of the molecule is COc1ccc(CC(=O)N(C)Cc2ccc3c(c2)OCCO3)cc1F. The standard InChI is InChI=1S/C19H20FNO4/c1-21(12-14-4-6-17-18(10-14)25-8-7-24-17)19(22)11-13-3-5-16(23-2)15(20)9-13/h3-6,9-10H,7-8,11-12H2,1-2H3. The van der Waals surface area contributed by atoms with Crippen LogP contribution in [0.25, 0.3) is 0 Å². The van der Waals surface area contributed by atoms with Crippen LogP contribution in [0.15, 0.2) is 36.4 Å². The van der Waals surface area contributed by atoms with E-state index >= 15 is 0 Å². The van der Waals surface area contributed by atoms with Crippen molar-refractivity contribution < 1.29 is 23.4 Å². The third-order valence-electron chi connectivity index (χ3n) is 4.02. The number of likely N-dealkylation sites (N-methyl/N-ethyl adjacent to an activating group) is 1. The fourth-order valence-electron chi connectivity index (χ4n) is 2.68. The van der Waals surface area contributed by atoms with Crippen LogP contribution >= 0.6 is 0 Å². The van der Waals surface area contributed by atoms with Crippen LogP contribution in [0.2, 0.25) is 0 Å². The first kappa shape index (κ1) is 17.1. The van der Waals surface area contributed by atoms with Gasteiger partial charge in [-0.05, 0) is 35.4 Å². The lowest BCUT2D eigenvalue weighted by Crippen LogP contribution is -2.27. The van der Waals surface area contributed by atoms with Gasteiger partial charge in [0.15, 0.2) is 23.1 Å². The van der Waals surface area contributed by atoms with Crippen molar-refractivity contribution in [3.63, 3.8) is 0 Å². The van der Waals surface area contributed by atoms with E-state index in [9.17, 15) is 9.18 Å². The molecule has 0 atom stereocenters. The predicted octanol–water partition coefficient (Wildman–Crippen LogP) is 2.81. The number of carbonyl (C=O) groups excluding carboxylic acids is 1. The molecule has 0 fully saturated rings. The van der Waals surface area contributed by atoms with Crippen molar-refractivity contribution in [2.45, 2.75) is 13.0 Å². The van der Waals surface area contributed by atoms with E-state index in [4.69, 9.17) is 14.2 Å². The smallest absolute Gasteiger partial charge is 0.227 e. The fourth-order valence-corrected chi connectivity index (χ4v) is 2.68. The minimum absolute atomic E-state index is 0.0977. The van der Waals surface area contributed by atoms with E-state index in [1.807, 2.05) is 18.2 Å². The van der Waals surface area contributed by atoms with E-state index in [1.54, 1.807) is 18.0 Å². The maximum absolute atomic E-state index is 13.7. The Hall–Kier alpha value is -2.76. The van der Waals surface area contributed by atoms with E-state index < -0.39 is 5.82 Å². The summed E-state index contributed by atoms with van der Waals surface area (Å²) in [6.07, 6.45) is 0.127. The van der Waals surface area contributed by atoms with E-state index in [0.717, 1.165) is 11.3 Å². The van der Waals surface area contributed by atoms with E-state index in [2.05, 4.69) is 0 Å². The second kappa shape index (κ2) is 7.42. The van der Waals surface area contributed by atoms with Crippen molar-refractivity contribution in [1.82, 2.24) is 4.90 Å². The molecule has 6 heteroatoms.